The number of Topliss-reactive ketones (excluding diaryl/α,β-unsaturated/α-hetero) is 1. The van der Waals surface area contributed by atoms with Crippen molar-refractivity contribution in [1.29, 1.82) is 0 Å². The molecule has 0 bridgehead atoms. The van der Waals surface area contributed by atoms with E-state index in [9.17, 15) is 19.5 Å². The Balaban J connectivity index is 1.79. The van der Waals surface area contributed by atoms with Crippen LogP contribution in [0.3, 0.4) is 0 Å². The Bertz CT molecular complexity index is 1120. The lowest BCUT2D eigenvalue weighted by Crippen LogP contribution is -2.32. The van der Waals surface area contributed by atoms with Crippen LogP contribution in [0.2, 0.25) is 0 Å². The van der Waals surface area contributed by atoms with Crippen molar-refractivity contribution in [3.8, 4) is 17.2 Å². The maximum Gasteiger partial charge on any atom is 0.275 e. The smallest absolute Gasteiger partial charge is 0.275 e. The number of ketones is 1. The van der Waals surface area contributed by atoms with Gasteiger partial charge in [0, 0.05) is 11.6 Å². The van der Waals surface area contributed by atoms with Crippen LogP contribution >= 0.6 is 0 Å². The summed E-state index contributed by atoms with van der Waals surface area (Å²) < 4.78 is 6.06. The summed E-state index contributed by atoms with van der Waals surface area (Å²) in [5.41, 5.74) is 0.819. The van der Waals surface area contributed by atoms with Gasteiger partial charge >= 0.3 is 0 Å². The van der Waals surface area contributed by atoms with E-state index in [1.807, 2.05) is 13.0 Å². The number of methoxy groups -OCH3 is 1. The molecule has 0 radical (unpaired) electrons. The summed E-state index contributed by atoms with van der Waals surface area (Å²) in [6.45, 7) is 1.56. The topological polar surface area (TPSA) is 111 Å². The van der Waals surface area contributed by atoms with Gasteiger partial charge in [0.25, 0.3) is 11.5 Å². The number of carbonyl (C=O) groups is 2. The molecule has 0 unspecified atom stereocenters. The summed E-state index contributed by atoms with van der Waals surface area (Å²) in [6.07, 6.45) is 0. The first-order chi connectivity index (χ1) is 13.9. The first-order valence-electron chi connectivity index (χ1n) is 8.75. The lowest BCUT2D eigenvalue weighted by Gasteiger charge is -2.10. The lowest BCUT2D eigenvalue weighted by molar-refractivity contribution is 0.0897. The predicted octanol–water partition coefficient (Wildman–Crippen LogP) is 1.87. The molecule has 1 amide bonds. The Morgan fingerprint density at radius 2 is 1.86 bits per heavy atom. The molecule has 0 aliphatic carbocycles. The van der Waals surface area contributed by atoms with Crippen molar-refractivity contribution in [2.45, 2.75) is 6.92 Å². The average Bonchev–Trinajstić information content (AvgIpc) is 2.72. The summed E-state index contributed by atoms with van der Waals surface area (Å²) in [7, 11) is 1.52. The van der Waals surface area contributed by atoms with Crippen molar-refractivity contribution < 1.29 is 19.4 Å². The largest absolute Gasteiger partial charge is 0.505 e. The molecule has 0 spiro atoms. The third-order valence-electron chi connectivity index (χ3n) is 4.19. The van der Waals surface area contributed by atoms with Crippen LogP contribution in [0.4, 0.5) is 0 Å². The quantitative estimate of drug-likeness (QED) is 0.619. The third-order valence-corrected chi connectivity index (χ3v) is 4.19. The van der Waals surface area contributed by atoms with Gasteiger partial charge in [0.1, 0.15) is 5.75 Å². The van der Waals surface area contributed by atoms with Crippen molar-refractivity contribution in [1.82, 2.24) is 15.1 Å². The highest BCUT2D eigenvalue weighted by Crippen LogP contribution is 2.14. The van der Waals surface area contributed by atoms with E-state index < -0.39 is 17.2 Å². The Morgan fingerprint density at radius 3 is 2.52 bits per heavy atom. The van der Waals surface area contributed by atoms with Gasteiger partial charge in [0.15, 0.2) is 17.2 Å². The van der Waals surface area contributed by atoms with Crippen LogP contribution in [-0.4, -0.2) is 40.2 Å². The van der Waals surface area contributed by atoms with Crippen LogP contribution in [0.5, 0.6) is 11.5 Å². The maximum atomic E-state index is 12.4. The molecule has 3 rings (SSSR count). The van der Waals surface area contributed by atoms with Gasteiger partial charge in [-0.2, -0.15) is 9.78 Å². The number of ether oxygens (including phenoxy) is 1. The lowest BCUT2D eigenvalue weighted by atomic mass is 10.1. The van der Waals surface area contributed by atoms with Crippen molar-refractivity contribution in [2.75, 3.05) is 13.7 Å². The molecule has 148 valence electrons. The van der Waals surface area contributed by atoms with E-state index in [1.165, 1.54) is 7.11 Å². The number of hydrogen-bond acceptors (Lipinski definition) is 6. The SMILES string of the molecule is COc1ccc(C(=O)CNC(=O)c2nn(-c3cccc(C)c3)c(=O)cc2O)cc1. The standard InChI is InChI=1S/C21H19N3O5/c1-13-4-3-5-15(10-13)24-19(27)11-17(25)20(23-24)21(28)22-12-18(26)14-6-8-16(29-2)9-7-14/h3-11,25H,12H2,1-2H3,(H,22,28). The number of benzene rings is 2. The molecule has 0 saturated carbocycles. The Kier molecular flexibility index (Phi) is 5.73. The van der Waals surface area contributed by atoms with Crippen LogP contribution in [0.25, 0.3) is 5.69 Å². The van der Waals surface area contributed by atoms with Gasteiger partial charge in [-0.05, 0) is 48.9 Å². The number of aromatic hydroxyl groups is 1. The van der Waals surface area contributed by atoms with Gasteiger partial charge in [-0.1, -0.05) is 12.1 Å². The molecule has 0 aliphatic heterocycles. The number of aromatic nitrogens is 2. The van der Waals surface area contributed by atoms with E-state index in [2.05, 4.69) is 10.4 Å². The first kappa shape index (κ1) is 19.8. The molecule has 2 N–H and O–H groups in total. The van der Waals surface area contributed by atoms with Gasteiger partial charge in [0.05, 0.1) is 19.3 Å². The Labute approximate surface area is 166 Å². The van der Waals surface area contributed by atoms with Crippen molar-refractivity contribution in [3.63, 3.8) is 0 Å². The summed E-state index contributed by atoms with van der Waals surface area (Å²) in [4.78, 5) is 36.9. The summed E-state index contributed by atoms with van der Waals surface area (Å²) in [5.74, 6) is -1.05. The zero-order chi connectivity index (χ0) is 21.0. The van der Waals surface area contributed by atoms with Crippen LogP contribution in [-0.2, 0) is 0 Å². The summed E-state index contributed by atoms with van der Waals surface area (Å²) in [6, 6.07) is 14.3. The highest BCUT2D eigenvalue weighted by molar-refractivity contribution is 6.02. The molecular weight excluding hydrogens is 374 g/mol. The number of hydrogen-bond donors (Lipinski definition) is 2. The van der Waals surface area contributed by atoms with Gasteiger partial charge < -0.3 is 15.2 Å². The predicted molar refractivity (Wildman–Crippen MR) is 106 cm³/mol. The van der Waals surface area contributed by atoms with Crippen molar-refractivity contribution in [2.24, 2.45) is 0 Å². The second kappa shape index (κ2) is 8.39. The molecule has 1 aromatic heterocycles. The molecule has 0 fully saturated rings. The molecular formula is C21H19N3O5. The molecule has 3 aromatic rings. The molecule has 0 saturated heterocycles. The Morgan fingerprint density at radius 1 is 1.14 bits per heavy atom. The minimum atomic E-state index is -0.772. The molecule has 29 heavy (non-hydrogen) atoms. The highest BCUT2D eigenvalue weighted by Gasteiger charge is 2.18. The molecule has 8 nitrogen and oxygen atoms in total. The molecule has 8 heteroatoms. The van der Waals surface area contributed by atoms with Gasteiger partial charge in [-0.15, -0.1) is 0 Å². The van der Waals surface area contributed by atoms with Crippen molar-refractivity contribution in [3.05, 3.63) is 81.8 Å². The van der Waals surface area contributed by atoms with Crippen LogP contribution in [0.1, 0.15) is 26.4 Å². The average molecular weight is 393 g/mol. The minimum absolute atomic E-state index is 0.296. The second-order valence-electron chi connectivity index (χ2n) is 6.30. The molecule has 1 heterocycles. The highest BCUT2D eigenvalue weighted by atomic mass is 16.5. The zero-order valence-corrected chi connectivity index (χ0v) is 15.9. The number of nitrogens with zero attached hydrogens (tertiary/aromatic N) is 2. The summed E-state index contributed by atoms with van der Waals surface area (Å²) in [5, 5.41) is 16.4. The third kappa shape index (κ3) is 4.49. The Hall–Kier alpha value is -3.94. The van der Waals surface area contributed by atoms with E-state index in [1.54, 1.807) is 42.5 Å². The van der Waals surface area contributed by atoms with Crippen LogP contribution < -0.4 is 15.6 Å². The monoisotopic (exact) mass is 393 g/mol. The van der Waals surface area contributed by atoms with E-state index in [4.69, 9.17) is 4.74 Å². The molecule has 2 aromatic carbocycles. The van der Waals surface area contributed by atoms with E-state index >= 15 is 0 Å². The number of aryl methyl sites for hydroxylation is 1. The van der Waals surface area contributed by atoms with Gasteiger partial charge in [-0.25, -0.2) is 0 Å². The van der Waals surface area contributed by atoms with Crippen LogP contribution in [0.15, 0.2) is 59.4 Å². The molecule has 0 atom stereocenters. The molecule has 0 aliphatic rings. The van der Waals surface area contributed by atoms with Crippen molar-refractivity contribution >= 4 is 11.7 Å². The fraction of sp³-hybridized carbons (Fsp3) is 0.143. The van der Waals surface area contributed by atoms with E-state index in [-0.39, 0.29) is 18.0 Å². The van der Waals surface area contributed by atoms with E-state index in [0.29, 0.717) is 17.0 Å². The van der Waals surface area contributed by atoms with Crippen LogP contribution in [0, 0.1) is 6.92 Å². The van der Waals surface area contributed by atoms with E-state index in [0.717, 1.165) is 16.3 Å². The van der Waals surface area contributed by atoms with Gasteiger partial charge in [0.2, 0.25) is 0 Å². The fourth-order valence-corrected chi connectivity index (χ4v) is 2.68. The number of carbonyl (C=O) groups excluding carboxylic acids is 2. The second-order valence-corrected chi connectivity index (χ2v) is 6.30. The summed E-state index contributed by atoms with van der Waals surface area (Å²) >= 11 is 0. The maximum absolute atomic E-state index is 12.4. The minimum Gasteiger partial charge on any atom is -0.505 e. The number of nitrogens with one attached hydrogen (secondary N) is 1. The van der Waals surface area contributed by atoms with Gasteiger partial charge in [-0.3, -0.25) is 14.4 Å². The zero-order valence-electron chi connectivity index (χ0n) is 15.9. The normalized spacial score (nSPS) is 10.4. The fourth-order valence-electron chi connectivity index (χ4n) is 2.68. The first-order valence-corrected chi connectivity index (χ1v) is 8.75. The number of amides is 1. The number of rotatable bonds is 6.